The fourth-order valence-electron chi connectivity index (χ4n) is 1.59. The van der Waals surface area contributed by atoms with Gasteiger partial charge in [0.15, 0.2) is 0 Å². The zero-order chi connectivity index (χ0) is 11.6. The molecule has 0 aliphatic carbocycles. The Morgan fingerprint density at radius 1 is 1.38 bits per heavy atom. The molecule has 1 fully saturated rings. The SMILES string of the molecule is CCOC(=O)OC/C=C\CC1CCCCO1. The van der Waals surface area contributed by atoms with Crippen molar-refractivity contribution in [2.45, 2.75) is 38.7 Å². The summed E-state index contributed by atoms with van der Waals surface area (Å²) in [6, 6.07) is 0. The average molecular weight is 228 g/mol. The maximum atomic E-state index is 10.8. The van der Waals surface area contributed by atoms with E-state index >= 15 is 0 Å². The van der Waals surface area contributed by atoms with Gasteiger partial charge in [-0.3, -0.25) is 0 Å². The van der Waals surface area contributed by atoms with Gasteiger partial charge in [0.2, 0.25) is 0 Å². The maximum Gasteiger partial charge on any atom is 0.508 e. The van der Waals surface area contributed by atoms with Gasteiger partial charge in [0.1, 0.15) is 6.61 Å². The van der Waals surface area contributed by atoms with Gasteiger partial charge in [0, 0.05) is 6.61 Å². The van der Waals surface area contributed by atoms with Gasteiger partial charge in [-0.1, -0.05) is 12.2 Å². The number of carbonyl (C=O) groups is 1. The third-order valence-electron chi connectivity index (χ3n) is 2.40. The van der Waals surface area contributed by atoms with Crippen LogP contribution >= 0.6 is 0 Å². The highest BCUT2D eigenvalue weighted by Gasteiger charge is 2.11. The van der Waals surface area contributed by atoms with Crippen molar-refractivity contribution in [2.75, 3.05) is 19.8 Å². The van der Waals surface area contributed by atoms with E-state index in [2.05, 4.69) is 4.74 Å². The van der Waals surface area contributed by atoms with Crippen LogP contribution in [0.3, 0.4) is 0 Å². The lowest BCUT2D eigenvalue weighted by atomic mass is 10.1. The molecule has 0 radical (unpaired) electrons. The van der Waals surface area contributed by atoms with Crippen LogP contribution in [0.25, 0.3) is 0 Å². The predicted octanol–water partition coefficient (Wildman–Crippen LogP) is 2.67. The summed E-state index contributed by atoms with van der Waals surface area (Å²) in [5, 5.41) is 0. The van der Waals surface area contributed by atoms with Crippen LogP contribution in [0.1, 0.15) is 32.6 Å². The van der Waals surface area contributed by atoms with Crippen LogP contribution in [0.2, 0.25) is 0 Å². The molecule has 0 N–H and O–H groups in total. The highest BCUT2D eigenvalue weighted by molar-refractivity contribution is 5.59. The minimum absolute atomic E-state index is 0.269. The topological polar surface area (TPSA) is 44.8 Å². The Balaban J connectivity index is 2.01. The molecule has 92 valence electrons. The molecule has 1 aliphatic rings. The van der Waals surface area contributed by atoms with E-state index < -0.39 is 6.16 Å². The summed E-state index contributed by atoms with van der Waals surface area (Å²) in [6.07, 6.45) is 8.00. The molecule has 1 rings (SSSR count). The van der Waals surface area contributed by atoms with Crippen LogP contribution < -0.4 is 0 Å². The molecular formula is C12H20O4. The van der Waals surface area contributed by atoms with E-state index in [-0.39, 0.29) is 6.61 Å². The second-order valence-electron chi connectivity index (χ2n) is 3.69. The molecule has 4 nitrogen and oxygen atoms in total. The van der Waals surface area contributed by atoms with Crippen LogP contribution in [0.15, 0.2) is 12.2 Å². The van der Waals surface area contributed by atoms with E-state index in [0.29, 0.717) is 12.7 Å². The molecule has 0 bridgehead atoms. The molecule has 0 aromatic rings. The summed E-state index contributed by atoms with van der Waals surface area (Å²) >= 11 is 0. The molecule has 0 saturated carbocycles. The highest BCUT2D eigenvalue weighted by Crippen LogP contribution is 2.15. The van der Waals surface area contributed by atoms with Crippen molar-refractivity contribution in [3.05, 3.63) is 12.2 Å². The summed E-state index contributed by atoms with van der Waals surface area (Å²) in [7, 11) is 0. The fraction of sp³-hybridized carbons (Fsp3) is 0.750. The van der Waals surface area contributed by atoms with E-state index in [1.807, 2.05) is 12.2 Å². The first-order chi connectivity index (χ1) is 7.83. The Hall–Kier alpha value is -1.03. The second-order valence-corrected chi connectivity index (χ2v) is 3.69. The Morgan fingerprint density at radius 2 is 2.25 bits per heavy atom. The van der Waals surface area contributed by atoms with Crippen LogP contribution in [0.4, 0.5) is 4.79 Å². The molecule has 1 heterocycles. The molecule has 4 heteroatoms. The monoisotopic (exact) mass is 228 g/mol. The molecule has 16 heavy (non-hydrogen) atoms. The maximum absolute atomic E-state index is 10.8. The third kappa shape index (κ3) is 5.75. The average Bonchev–Trinajstić information content (AvgIpc) is 2.30. The molecule has 0 amide bonds. The van der Waals surface area contributed by atoms with Gasteiger partial charge in [-0.05, 0) is 32.6 Å². The standard InChI is InChI=1S/C12H20O4/c1-2-14-12(13)16-10-6-4-8-11-7-3-5-9-15-11/h4,6,11H,2-3,5,7-10H2,1H3/b6-4-. The number of hydrogen-bond donors (Lipinski definition) is 0. The van der Waals surface area contributed by atoms with Crippen LogP contribution in [0.5, 0.6) is 0 Å². The van der Waals surface area contributed by atoms with Gasteiger partial charge in [0.25, 0.3) is 0 Å². The second kappa shape index (κ2) is 8.16. The molecule has 0 aromatic heterocycles. The molecule has 0 aromatic carbocycles. The lowest BCUT2D eigenvalue weighted by molar-refractivity contribution is 0.0183. The Kier molecular flexibility index (Phi) is 6.65. The summed E-state index contributed by atoms with van der Waals surface area (Å²) < 4.78 is 15.0. The minimum atomic E-state index is -0.610. The molecule has 1 saturated heterocycles. The number of ether oxygens (including phenoxy) is 3. The van der Waals surface area contributed by atoms with Crippen molar-refractivity contribution in [1.29, 1.82) is 0 Å². The summed E-state index contributed by atoms with van der Waals surface area (Å²) in [5.41, 5.74) is 0. The van der Waals surface area contributed by atoms with Gasteiger partial charge in [-0.2, -0.15) is 0 Å². The minimum Gasteiger partial charge on any atom is -0.435 e. The van der Waals surface area contributed by atoms with Crippen molar-refractivity contribution >= 4 is 6.16 Å². The van der Waals surface area contributed by atoms with E-state index in [4.69, 9.17) is 9.47 Å². The van der Waals surface area contributed by atoms with Gasteiger partial charge in [-0.25, -0.2) is 4.79 Å². The largest absolute Gasteiger partial charge is 0.508 e. The van der Waals surface area contributed by atoms with Gasteiger partial charge < -0.3 is 14.2 Å². The number of hydrogen-bond acceptors (Lipinski definition) is 4. The van der Waals surface area contributed by atoms with Crippen LogP contribution in [-0.2, 0) is 14.2 Å². The number of rotatable bonds is 5. The zero-order valence-corrected chi connectivity index (χ0v) is 9.81. The van der Waals surface area contributed by atoms with Crippen molar-refractivity contribution in [3.63, 3.8) is 0 Å². The third-order valence-corrected chi connectivity index (χ3v) is 2.40. The first kappa shape index (κ1) is 13.0. The predicted molar refractivity (Wildman–Crippen MR) is 60.3 cm³/mol. The zero-order valence-electron chi connectivity index (χ0n) is 9.81. The quantitative estimate of drug-likeness (QED) is 0.536. The Bertz CT molecular complexity index is 219. The van der Waals surface area contributed by atoms with Crippen LogP contribution in [-0.4, -0.2) is 32.1 Å². The first-order valence-electron chi connectivity index (χ1n) is 5.89. The molecule has 1 unspecified atom stereocenters. The van der Waals surface area contributed by atoms with Gasteiger partial charge in [0.05, 0.1) is 12.7 Å². The van der Waals surface area contributed by atoms with E-state index in [1.165, 1.54) is 12.8 Å². The lowest BCUT2D eigenvalue weighted by Crippen LogP contribution is -2.17. The van der Waals surface area contributed by atoms with E-state index in [9.17, 15) is 4.79 Å². The normalized spacial score (nSPS) is 20.9. The van der Waals surface area contributed by atoms with Crippen molar-refractivity contribution in [2.24, 2.45) is 0 Å². The summed E-state index contributed by atoms with van der Waals surface area (Å²) in [5.74, 6) is 0. The van der Waals surface area contributed by atoms with Crippen molar-refractivity contribution < 1.29 is 19.0 Å². The number of carbonyl (C=O) groups excluding carboxylic acids is 1. The van der Waals surface area contributed by atoms with Gasteiger partial charge in [-0.15, -0.1) is 0 Å². The van der Waals surface area contributed by atoms with Crippen molar-refractivity contribution in [1.82, 2.24) is 0 Å². The molecule has 0 spiro atoms. The summed E-state index contributed by atoms with van der Waals surface area (Å²) in [6.45, 7) is 3.24. The smallest absolute Gasteiger partial charge is 0.435 e. The van der Waals surface area contributed by atoms with Crippen molar-refractivity contribution in [3.8, 4) is 0 Å². The van der Waals surface area contributed by atoms with Crippen LogP contribution in [0, 0.1) is 0 Å². The Morgan fingerprint density at radius 3 is 2.94 bits per heavy atom. The molecular weight excluding hydrogens is 208 g/mol. The molecule has 1 atom stereocenters. The van der Waals surface area contributed by atoms with E-state index in [0.717, 1.165) is 19.4 Å². The first-order valence-corrected chi connectivity index (χ1v) is 5.89. The summed E-state index contributed by atoms with van der Waals surface area (Å²) in [4.78, 5) is 10.8. The Labute approximate surface area is 96.6 Å². The fourth-order valence-corrected chi connectivity index (χ4v) is 1.59. The van der Waals surface area contributed by atoms with Gasteiger partial charge >= 0.3 is 6.16 Å². The van der Waals surface area contributed by atoms with E-state index in [1.54, 1.807) is 6.92 Å². The highest BCUT2D eigenvalue weighted by atomic mass is 16.7. The molecule has 1 aliphatic heterocycles. The lowest BCUT2D eigenvalue weighted by Gasteiger charge is -2.20.